The molecule has 146 valence electrons. The van der Waals surface area contributed by atoms with E-state index >= 15 is 0 Å². The van der Waals surface area contributed by atoms with Gasteiger partial charge in [0.15, 0.2) is 0 Å². The minimum absolute atomic E-state index is 0.201. The predicted molar refractivity (Wildman–Crippen MR) is 108 cm³/mol. The van der Waals surface area contributed by atoms with E-state index in [1.165, 1.54) is 30.4 Å². The third kappa shape index (κ3) is 7.00. The van der Waals surface area contributed by atoms with E-state index in [1.807, 2.05) is 24.3 Å². The number of rotatable bonds is 4. The van der Waals surface area contributed by atoms with Crippen LogP contribution in [0.5, 0.6) is 0 Å². The van der Waals surface area contributed by atoms with Crippen molar-refractivity contribution < 1.29 is 13.6 Å². The van der Waals surface area contributed by atoms with Crippen LogP contribution < -0.4 is 10.6 Å². The number of hydrogen-bond donors (Lipinski definition) is 2. The number of amides is 2. The van der Waals surface area contributed by atoms with E-state index in [4.69, 9.17) is 0 Å². The van der Waals surface area contributed by atoms with Gasteiger partial charge >= 0.3 is 6.03 Å². The summed E-state index contributed by atoms with van der Waals surface area (Å²) in [5.41, 5.74) is 4.26. The fourth-order valence-electron chi connectivity index (χ4n) is 2.86. The van der Waals surface area contributed by atoms with Gasteiger partial charge < -0.3 is 10.6 Å². The van der Waals surface area contributed by atoms with Gasteiger partial charge in [-0.05, 0) is 67.0 Å². The molecule has 1 aliphatic rings. The predicted octanol–water partition coefficient (Wildman–Crippen LogP) is 6.99. The van der Waals surface area contributed by atoms with Crippen LogP contribution in [-0.2, 0) is 0 Å². The van der Waals surface area contributed by atoms with Crippen LogP contribution in [0.1, 0.15) is 63.0 Å². The second kappa shape index (κ2) is 10.0. The van der Waals surface area contributed by atoms with Gasteiger partial charge in [-0.25, -0.2) is 13.6 Å². The Labute approximate surface area is 160 Å². The SMILES string of the molecule is CC(C)c1ccc(NC(=O)Nc2cccc(C3CCC3)c2)cc1.CC(F)F. The molecular formula is C22H28F2N2O. The highest BCUT2D eigenvalue weighted by Gasteiger charge is 2.19. The molecule has 0 heterocycles. The number of hydrogen-bond acceptors (Lipinski definition) is 1. The van der Waals surface area contributed by atoms with Crippen molar-refractivity contribution in [3.05, 3.63) is 59.7 Å². The summed E-state index contributed by atoms with van der Waals surface area (Å²) in [5.74, 6) is 1.16. The zero-order chi connectivity index (χ0) is 19.8. The van der Waals surface area contributed by atoms with E-state index in [9.17, 15) is 13.6 Å². The molecular weight excluding hydrogens is 346 g/mol. The molecule has 0 bridgehead atoms. The summed E-state index contributed by atoms with van der Waals surface area (Å²) in [5, 5.41) is 5.80. The van der Waals surface area contributed by atoms with Crippen LogP contribution in [0.15, 0.2) is 48.5 Å². The molecule has 0 spiro atoms. The Bertz CT molecular complexity index is 723. The largest absolute Gasteiger partial charge is 0.323 e. The van der Waals surface area contributed by atoms with Crippen molar-refractivity contribution in [2.45, 2.75) is 58.3 Å². The molecule has 3 nitrogen and oxygen atoms in total. The fourth-order valence-corrected chi connectivity index (χ4v) is 2.86. The third-order valence-corrected chi connectivity index (χ3v) is 4.56. The molecule has 0 radical (unpaired) electrons. The first-order chi connectivity index (χ1) is 12.8. The Morgan fingerprint density at radius 2 is 1.56 bits per heavy atom. The Hall–Kier alpha value is -2.43. The first kappa shape index (κ1) is 20.9. The molecule has 1 saturated carbocycles. The standard InChI is InChI=1S/C20H24N2O.C2H4F2/c1-14(2)15-9-11-18(12-10-15)21-20(23)22-19-8-4-7-17(13-19)16-5-3-6-16;1-2(3)4/h4,7-14,16H,3,5-6H2,1-2H3,(H2,21,22,23);2H,1H3. The van der Waals surface area contributed by atoms with Crippen molar-refractivity contribution in [3.63, 3.8) is 0 Å². The van der Waals surface area contributed by atoms with Crippen molar-refractivity contribution >= 4 is 17.4 Å². The number of nitrogens with one attached hydrogen (secondary N) is 2. The van der Waals surface area contributed by atoms with E-state index in [2.05, 4.69) is 48.7 Å². The lowest BCUT2D eigenvalue weighted by atomic mass is 9.80. The topological polar surface area (TPSA) is 41.1 Å². The highest BCUT2D eigenvalue weighted by atomic mass is 19.3. The van der Waals surface area contributed by atoms with Gasteiger partial charge in [0, 0.05) is 11.4 Å². The van der Waals surface area contributed by atoms with E-state index in [0.717, 1.165) is 18.3 Å². The van der Waals surface area contributed by atoms with Gasteiger partial charge in [-0.2, -0.15) is 0 Å². The molecule has 0 aromatic heterocycles. The normalized spacial score (nSPS) is 13.6. The lowest BCUT2D eigenvalue weighted by molar-refractivity contribution is 0.171. The number of carbonyl (C=O) groups excluding carboxylic acids is 1. The molecule has 27 heavy (non-hydrogen) atoms. The average molecular weight is 374 g/mol. The van der Waals surface area contributed by atoms with Gasteiger partial charge in [-0.3, -0.25) is 0 Å². The molecule has 1 fully saturated rings. The molecule has 0 saturated heterocycles. The van der Waals surface area contributed by atoms with Gasteiger partial charge in [0.1, 0.15) is 0 Å². The molecule has 2 N–H and O–H groups in total. The zero-order valence-corrected chi connectivity index (χ0v) is 16.1. The Balaban J connectivity index is 0.000000596. The fraction of sp³-hybridized carbons (Fsp3) is 0.409. The first-order valence-electron chi connectivity index (χ1n) is 9.41. The monoisotopic (exact) mass is 374 g/mol. The number of benzene rings is 2. The smallest absolute Gasteiger partial charge is 0.308 e. The highest BCUT2D eigenvalue weighted by molar-refractivity contribution is 5.99. The van der Waals surface area contributed by atoms with Crippen LogP contribution in [0.25, 0.3) is 0 Å². The number of alkyl halides is 2. The van der Waals surface area contributed by atoms with Crippen molar-refractivity contribution in [1.29, 1.82) is 0 Å². The molecule has 0 unspecified atom stereocenters. The van der Waals surface area contributed by atoms with E-state index in [1.54, 1.807) is 0 Å². The van der Waals surface area contributed by atoms with Gasteiger partial charge in [0.2, 0.25) is 6.43 Å². The molecule has 3 rings (SSSR count). The summed E-state index contributed by atoms with van der Waals surface area (Å²) >= 11 is 0. The summed E-state index contributed by atoms with van der Waals surface area (Å²) in [7, 11) is 0. The van der Waals surface area contributed by atoms with E-state index in [-0.39, 0.29) is 6.03 Å². The van der Waals surface area contributed by atoms with Crippen molar-refractivity contribution in [3.8, 4) is 0 Å². The van der Waals surface area contributed by atoms with Gasteiger partial charge in [-0.15, -0.1) is 0 Å². The summed E-state index contributed by atoms with van der Waals surface area (Å²) in [6.07, 6.45) is 1.67. The Morgan fingerprint density at radius 1 is 0.963 bits per heavy atom. The number of halogens is 2. The van der Waals surface area contributed by atoms with Gasteiger partial charge in [0.25, 0.3) is 0 Å². The highest BCUT2D eigenvalue weighted by Crippen LogP contribution is 2.37. The molecule has 2 aromatic rings. The quantitative estimate of drug-likeness (QED) is 0.595. The summed E-state index contributed by atoms with van der Waals surface area (Å²) in [6.45, 7) is 5.15. The molecule has 1 aliphatic carbocycles. The van der Waals surface area contributed by atoms with Gasteiger partial charge in [-0.1, -0.05) is 44.5 Å². The molecule has 0 aliphatic heterocycles. The van der Waals surface area contributed by atoms with Crippen molar-refractivity contribution in [1.82, 2.24) is 0 Å². The lowest BCUT2D eigenvalue weighted by Gasteiger charge is -2.26. The zero-order valence-electron chi connectivity index (χ0n) is 16.1. The molecule has 2 aromatic carbocycles. The van der Waals surface area contributed by atoms with Gasteiger partial charge in [0.05, 0.1) is 0 Å². The first-order valence-corrected chi connectivity index (χ1v) is 9.41. The van der Waals surface area contributed by atoms with Crippen LogP contribution in [-0.4, -0.2) is 12.5 Å². The molecule has 0 atom stereocenters. The average Bonchev–Trinajstić information content (AvgIpc) is 2.53. The lowest BCUT2D eigenvalue weighted by Crippen LogP contribution is -2.19. The summed E-state index contributed by atoms with van der Waals surface area (Å²) in [4.78, 5) is 12.1. The van der Waals surface area contributed by atoms with Crippen LogP contribution in [0.3, 0.4) is 0 Å². The van der Waals surface area contributed by atoms with Crippen LogP contribution in [0.2, 0.25) is 0 Å². The van der Waals surface area contributed by atoms with Crippen LogP contribution in [0.4, 0.5) is 25.0 Å². The number of carbonyl (C=O) groups is 1. The summed E-state index contributed by atoms with van der Waals surface area (Å²) < 4.78 is 20.7. The maximum atomic E-state index is 12.1. The molecule has 5 heteroatoms. The van der Waals surface area contributed by atoms with Crippen LogP contribution >= 0.6 is 0 Å². The van der Waals surface area contributed by atoms with E-state index < -0.39 is 6.43 Å². The minimum Gasteiger partial charge on any atom is -0.308 e. The van der Waals surface area contributed by atoms with Crippen LogP contribution in [0, 0.1) is 0 Å². The minimum atomic E-state index is -2.17. The Morgan fingerprint density at radius 3 is 2.07 bits per heavy atom. The Kier molecular flexibility index (Phi) is 7.77. The number of urea groups is 1. The number of anilines is 2. The molecule has 2 amide bonds. The second-order valence-electron chi connectivity index (χ2n) is 7.13. The maximum Gasteiger partial charge on any atom is 0.323 e. The third-order valence-electron chi connectivity index (χ3n) is 4.56. The van der Waals surface area contributed by atoms with Crippen molar-refractivity contribution in [2.24, 2.45) is 0 Å². The van der Waals surface area contributed by atoms with Crippen molar-refractivity contribution in [2.75, 3.05) is 10.6 Å². The maximum absolute atomic E-state index is 12.1. The van der Waals surface area contributed by atoms with E-state index in [0.29, 0.717) is 11.8 Å². The second-order valence-corrected chi connectivity index (χ2v) is 7.13. The summed E-state index contributed by atoms with van der Waals surface area (Å²) in [6, 6.07) is 16.0.